The molecule has 0 aliphatic heterocycles. The lowest BCUT2D eigenvalue weighted by Crippen LogP contribution is -2.02. The van der Waals surface area contributed by atoms with Crippen LogP contribution in [0.3, 0.4) is 0 Å². The lowest BCUT2D eigenvalue weighted by Gasteiger charge is -2.10. The van der Waals surface area contributed by atoms with Crippen LogP contribution < -0.4 is 0 Å². The van der Waals surface area contributed by atoms with Crippen LogP contribution in [0, 0.1) is 0 Å². The summed E-state index contributed by atoms with van der Waals surface area (Å²) in [6, 6.07) is 38.0. The molecule has 0 unspecified atom stereocenters. The number of hydrogen-bond acceptors (Lipinski definition) is 2. The van der Waals surface area contributed by atoms with Gasteiger partial charge in [-0.15, -0.1) is 0 Å². The van der Waals surface area contributed by atoms with Crippen molar-refractivity contribution in [1.82, 2.24) is 9.55 Å². The fourth-order valence-corrected chi connectivity index (χ4v) is 4.87. The molecule has 156 valence electrons. The summed E-state index contributed by atoms with van der Waals surface area (Å²) in [6.45, 7) is 0.738. The largest absolute Gasteiger partial charge is 0.455 e. The molecule has 3 heteroatoms. The second-order valence-corrected chi connectivity index (χ2v) is 8.48. The Kier molecular flexibility index (Phi) is 3.91. The first-order valence-electron chi connectivity index (χ1n) is 11.2. The molecule has 0 aliphatic rings. The fraction of sp³-hybridized carbons (Fsp3) is 0.0333. The van der Waals surface area contributed by atoms with Crippen LogP contribution in [-0.2, 0) is 6.54 Å². The van der Waals surface area contributed by atoms with E-state index in [0.29, 0.717) is 0 Å². The molecule has 0 amide bonds. The van der Waals surface area contributed by atoms with Gasteiger partial charge in [-0.05, 0) is 40.6 Å². The lowest BCUT2D eigenvalue weighted by atomic mass is 10.1. The number of rotatable bonds is 3. The summed E-state index contributed by atoms with van der Waals surface area (Å²) in [7, 11) is 0. The molecule has 7 rings (SSSR count). The van der Waals surface area contributed by atoms with Gasteiger partial charge in [-0.1, -0.05) is 84.9 Å². The van der Waals surface area contributed by atoms with Crippen molar-refractivity contribution in [3.05, 3.63) is 115 Å². The van der Waals surface area contributed by atoms with Crippen LogP contribution in [0.4, 0.5) is 0 Å². The minimum atomic E-state index is 0.738. The third kappa shape index (κ3) is 2.86. The summed E-state index contributed by atoms with van der Waals surface area (Å²) >= 11 is 0. The van der Waals surface area contributed by atoms with Crippen molar-refractivity contribution in [3.8, 4) is 11.4 Å². The molecule has 0 atom stereocenters. The first-order valence-corrected chi connectivity index (χ1v) is 11.2. The number of fused-ring (bicyclic) bond motifs is 5. The molecule has 7 aromatic rings. The molecule has 3 nitrogen and oxygen atoms in total. The summed E-state index contributed by atoms with van der Waals surface area (Å²) in [5, 5.41) is 4.66. The summed E-state index contributed by atoms with van der Waals surface area (Å²) in [5.74, 6) is 0.925. The third-order valence-electron chi connectivity index (χ3n) is 6.44. The monoisotopic (exact) mass is 424 g/mol. The summed E-state index contributed by atoms with van der Waals surface area (Å²) < 4.78 is 8.68. The minimum Gasteiger partial charge on any atom is -0.455 e. The van der Waals surface area contributed by atoms with Gasteiger partial charge in [-0.3, -0.25) is 0 Å². The molecule has 0 saturated carbocycles. The summed E-state index contributed by atoms with van der Waals surface area (Å²) in [4.78, 5) is 5.15. The van der Waals surface area contributed by atoms with Crippen molar-refractivity contribution in [1.29, 1.82) is 0 Å². The highest BCUT2D eigenvalue weighted by Crippen LogP contribution is 2.37. The van der Waals surface area contributed by atoms with Crippen LogP contribution >= 0.6 is 0 Å². The van der Waals surface area contributed by atoms with E-state index in [1.54, 1.807) is 0 Å². The standard InChI is InChI=1S/C30H20N2O/c1-2-9-20(10-3-1)19-32-27-18-22-12-5-4-11-21(22)17-26(27)31-30(32)25-15-8-14-24-23-13-6-7-16-28(23)33-29(24)25/h1-18H,19H2. The first kappa shape index (κ1) is 18.2. The second-order valence-electron chi connectivity index (χ2n) is 8.48. The van der Waals surface area contributed by atoms with E-state index < -0.39 is 0 Å². The van der Waals surface area contributed by atoms with Gasteiger partial charge in [-0.2, -0.15) is 0 Å². The van der Waals surface area contributed by atoms with E-state index >= 15 is 0 Å². The maximum Gasteiger partial charge on any atom is 0.146 e. The predicted octanol–water partition coefficient (Wildman–Crippen LogP) is 7.80. The Labute approximate surface area is 190 Å². The fourth-order valence-electron chi connectivity index (χ4n) is 4.87. The molecular formula is C30H20N2O. The zero-order valence-electron chi connectivity index (χ0n) is 17.9. The summed E-state index contributed by atoms with van der Waals surface area (Å²) in [6.07, 6.45) is 0. The molecule has 0 saturated heterocycles. The highest BCUT2D eigenvalue weighted by atomic mass is 16.3. The van der Waals surface area contributed by atoms with E-state index in [4.69, 9.17) is 9.40 Å². The predicted molar refractivity (Wildman–Crippen MR) is 135 cm³/mol. The Bertz CT molecular complexity index is 1790. The van der Waals surface area contributed by atoms with E-state index in [9.17, 15) is 0 Å². The number of benzene rings is 5. The number of aromatic nitrogens is 2. The lowest BCUT2D eigenvalue weighted by molar-refractivity contribution is 0.669. The number of nitrogens with zero attached hydrogens (tertiary/aromatic N) is 2. The molecule has 0 radical (unpaired) electrons. The Morgan fingerprint density at radius 3 is 2.27 bits per heavy atom. The molecular weight excluding hydrogens is 404 g/mol. The van der Waals surface area contributed by atoms with Gasteiger partial charge in [0.15, 0.2) is 0 Å². The van der Waals surface area contributed by atoms with Gasteiger partial charge < -0.3 is 8.98 Å². The normalized spacial score (nSPS) is 11.8. The molecule has 2 heterocycles. The summed E-state index contributed by atoms with van der Waals surface area (Å²) in [5.41, 5.74) is 6.15. The zero-order valence-corrected chi connectivity index (χ0v) is 17.9. The average molecular weight is 425 g/mol. The molecule has 0 spiro atoms. The van der Waals surface area contributed by atoms with E-state index in [1.165, 1.54) is 16.3 Å². The van der Waals surface area contributed by atoms with Gasteiger partial charge in [0.25, 0.3) is 0 Å². The van der Waals surface area contributed by atoms with Crippen LogP contribution in [0.25, 0.3) is 55.1 Å². The Balaban J connectivity index is 1.55. The number of para-hydroxylation sites is 2. The van der Waals surface area contributed by atoms with Crippen molar-refractivity contribution in [2.24, 2.45) is 0 Å². The number of imidazole rings is 1. The van der Waals surface area contributed by atoms with Gasteiger partial charge in [0, 0.05) is 17.3 Å². The maximum absolute atomic E-state index is 6.36. The van der Waals surface area contributed by atoms with Crippen molar-refractivity contribution in [2.45, 2.75) is 6.54 Å². The van der Waals surface area contributed by atoms with Crippen molar-refractivity contribution in [2.75, 3.05) is 0 Å². The van der Waals surface area contributed by atoms with Crippen LogP contribution in [0.5, 0.6) is 0 Å². The number of hydrogen-bond donors (Lipinski definition) is 0. The van der Waals surface area contributed by atoms with E-state index in [0.717, 1.165) is 50.9 Å². The Hall–Kier alpha value is -4.37. The average Bonchev–Trinajstić information content (AvgIpc) is 3.41. The minimum absolute atomic E-state index is 0.738. The molecule has 0 aliphatic carbocycles. The van der Waals surface area contributed by atoms with Crippen molar-refractivity contribution >= 4 is 43.7 Å². The second kappa shape index (κ2) is 7.07. The topological polar surface area (TPSA) is 31.0 Å². The molecule has 2 aromatic heterocycles. The van der Waals surface area contributed by atoms with Gasteiger partial charge in [-0.25, -0.2) is 4.98 Å². The smallest absolute Gasteiger partial charge is 0.146 e. The van der Waals surface area contributed by atoms with Gasteiger partial charge in [0.1, 0.15) is 17.0 Å². The van der Waals surface area contributed by atoms with Crippen molar-refractivity contribution in [3.63, 3.8) is 0 Å². The van der Waals surface area contributed by atoms with E-state index in [1.807, 2.05) is 12.1 Å². The van der Waals surface area contributed by atoms with Gasteiger partial charge in [0.05, 0.1) is 16.6 Å². The molecule has 0 bridgehead atoms. The Morgan fingerprint density at radius 1 is 0.667 bits per heavy atom. The van der Waals surface area contributed by atoms with E-state index in [-0.39, 0.29) is 0 Å². The third-order valence-corrected chi connectivity index (χ3v) is 6.44. The maximum atomic E-state index is 6.36. The van der Waals surface area contributed by atoms with Crippen molar-refractivity contribution < 1.29 is 4.42 Å². The molecule has 5 aromatic carbocycles. The molecule has 33 heavy (non-hydrogen) atoms. The van der Waals surface area contributed by atoms with Crippen LogP contribution in [0.15, 0.2) is 114 Å². The van der Waals surface area contributed by atoms with Crippen LogP contribution in [0.2, 0.25) is 0 Å². The van der Waals surface area contributed by atoms with Crippen LogP contribution in [0.1, 0.15) is 5.56 Å². The quantitative estimate of drug-likeness (QED) is 0.290. The zero-order chi connectivity index (χ0) is 21.8. The first-order chi connectivity index (χ1) is 16.3. The molecule has 0 N–H and O–H groups in total. The highest BCUT2D eigenvalue weighted by molar-refractivity contribution is 6.09. The highest BCUT2D eigenvalue weighted by Gasteiger charge is 2.19. The molecule has 0 fully saturated rings. The Morgan fingerprint density at radius 2 is 1.39 bits per heavy atom. The van der Waals surface area contributed by atoms with Crippen LogP contribution in [-0.4, -0.2) is 9.55 Å². The van der Waals surface area contributed by atoms with Gasteiger partial charge in [0.2, 0.25) is 0 Å². The van der Waals surface area contributed by atoms with E-state index in [2.05, 4.69) is 102 Å². The number of furan rings is 1. The van der Waals surface area contributed by atoms with Gasteiger partial charge >= 0.3 is 0 Å². The SMILES string of the molecule is c1ccc(Cn2c(-c3cccc4c3oc3ccccc34)nc3cc4ccccc4cc32)cc1.